The molecular formula is C14H19F3O5PS+. The lowest BCUT2D eigenvalue weighted by Crippen LogP contribution is -2.28. The summed E-state index contributed by atoms with van der Waals surface area (Å²) in [5.41, 5.74) is -5.20. The Kier molecular flexibility index (Phi) is 8.12. The van der Waals surface area contributed by atoms with Crippen molar-refractivity contribution in [2.75, 3.05) is 12.8 Å². The molecule has 5 nitrogen and oxygen atoms in total. The minimum Gasteiger partial charge on any atom is -0.376 e. The van der Waals surface area contributed by atoms with E-state index in [9.17, 15) is 26.2 Å². The van der Waals surface area contributed by atoms with Gasteiger partial charge in [0.05, 0.1) is 0 Å². The Labute approximate surface area is 140 Å². The van der Waals surface area contributed by atoms with Gasteiger partial charge >= 0.3 is 23.7 Å². The van der Waals surface area contributed by atoms with Gasteiger partial charge in [-0.25, -0.2) is 0 Å². The maximum atomic E-state index is 12.4. The van der Waals surface area contributed by atoms with Crippen LogP contribution in [0.3, 0.4) is 0 Å². The summed E-state index contributed by atoms with van der Waals surface area (Å²) in [4.78, 5) is 0. The predicted molar refractivity (Wildman–Crippen MR) is 83.7 cm³/mol. The van der Waals surface area contributed by atoms with Crippen molar-refractivity contribution in [2.45, 2.75) is 38.1 Å². The zero-order valence-corrected chi connectivity index (χ0v) is 14.8. The van der Waals surface area contributed by atoms with E-state index < -0.39 is 23.7 Å². The molecule has 1 rings (SSSR count). The molecule has 0 fully saturated rings. The van der Waals surface area contributed by atoms with Gasteiger partial charge < -0.3 is 4.18 Å². The second-order valence-corrected chi connectivity index (χ2v) is 7.85. The molecule has 0 N–H and O–H groups in total. The summed E-state index contributed by atoms with van der Waals surface area (Å²) in [5.74, 6) is -0.378. The van der Waals surface area contributed by atoms with Gasteiger partial charge in [-0.1, -0.05) is 31.5 Å². The molecule has 0 saturated heterocycles. The van der Waals surface area contributed by atoms with E-state index >= 15 is 0 Å². The van der Waals surface area contributed by atoms with Crippen LogP contribution < -0.4 is 4.18 Å². The van der Waals surface area contributed by atoms with Crippen LogP contribution in [0.25, 0.3) is 0 Å². The minimum atomic E-state index is -5.71. The van der Waals surface area contributed by atoms with Gasteiger partial charge in [-0.15, -0.1) is 4.52 Å². The number of rotatable bonds is 10. The Morgan fingerprint density at radius 1 is 1.17 bits per heavy atom. The second-order valence-electron chi connectivity index (χ2n) is 4.94. The van der Waals surface area contributed by atoms with Crippen LogP contribution in [0.15, 0.2) is 24.3 Å². The van der Waals surface area contributed by atoms with E-state index in [1.807, 2.05) is 6.92 Å². The smallest absolute Gasteiger partial charge is 0.376 e. The highest BCUT2D eigenvalue weighted by Gasteiger charge is 2.48. The number of hydrogen-bond acceptors (Lipinski definition) is 5. The number of alkyl halides is 3. The minimum absolute atomic E-state index is 0.224. The summed E-state index contributed by atoms with van der Waals surface area (Å²) in [5, 5.41) is 0. The number of halogens is 3. The Bertz CT molecular complexity index is 646. The molecule has 0 aromatic heterocycles. The Balaban J connectivity index is 2.63. The third-order valence-corrected chi connectivity index (χ3v) is 5.09. The zero-order valence-electron chi connectivity index (χ0n) is 13.1. The number of para-hydroxylation sites is 1. The van der Waals surface area contributed by atoms with E-state index in [0.29, 0.717) is 18.6 Å². The van der Waals surface area contributed by atoms with Gasteiger partial charge in [-0.3, -0.25) is 0 Å². The summed E-state index contributed by atoms with van der Waals surface area (Å²) in [6.45, 7) is 2.37. The van der Waals surface area contributed by atoms with Gasteiger partial charge in [0, 0.05) is 0 Å². The van der Waals surface area contributed by atoms with Crippen LogP contribution in [-0.4, -0.2) is 26.7 Å². The first-order valence-corrected chi connectivity index (χ1v) is 10.1. The van der Waals surface area contributed by atoms with Crippen molar-refractivity contribution in [1.29, 1.82) is 0 Å². The lowest BCUT2D eigenvalue weighted by molar-refractivity contribution is -0.0500. The molecule has 1 atom stereocenters. The summed E-state index contributed by atoms with van der Waals surface area (Å²) >= 11 is 0. The summed E-state index contributed by atoms with van der Waals surface area (Å²) in [6, 6.07) is 5.54. The Morgan fingerprint density at radius 2 is 1.83 bits per heavy atom. The van der Waals surface area contributed by atoms with Crippen molar-refractivity contribution in [3.8, 4) is 5.75 Å². The lowest BCUT2D eigenvalue weighted by Gasteiger charge is -2.12. The maximum Gasteiger partial charge on any atom is 0.534 e. The average molecular weight is 387 g/mol. The highest BCUT2D eigenvalue weighted by molar-refractivity contribution is 7.88. The SMILES string of the molecule is CCCCO[P+](=O)CCCc1ccccc1OS(=O)(=O)C(F)(F)F. The fourth-order valence-corrected chi connectivity index (χ4v) is 3.10. The number of hydrogen-bond donors (Lipinski definition) is 0. The van der Waals surface area contributed by atoms with Crippen LogP contribution in [0.1, 0.15) is 31.7 Å². The molecule has 1 aromatic rings. The van der Waals surface area contributed by atoms with E-state index in [4.69, 9.17) is 4.52 Å². The molecule has 0 bridgehead atoms. The van der Waals surface area contributed by atoms with Crippen molar-refractivity contribution in [3.63, 3.8) is 0 Å². The number of unbranched alkanes of at least 4 members (excludes halogenated alkanes) is 1. The molecule has 0 aliphatic carbocycles. The Morgan fingerprint density at radius 3 is 2.46 bits per heavy atom. The van der Waals surface area contributed by atoms with Crippen molar-refractivity contribution in [1.82, 2.24) is 0 Å². The van der Waals surface area contributed by atoms with Crippen LogP contribution in [-0.2, 0) is 25.6 Å². The van der Waals surface area contributed by atoms with Gasteiger partial charge in [0.1, 0.15) is 12.4 Å². The van der Waals surface area contributed by atoms with E-state index in [2.05, 4.69) is 4.18 Å². The van der Waals surface area contributed by atoms with E-state index in [1.54, 1.807) is 6.07 Å². The van der Waals surface area contributed by atoms with Crippen LogP contribution in [0.2, 0.25) is 0 Å². The maximum absolute atomic E-state index is 12.4. The van der Waals surface area contributed by atoms with Gasteiger partial charge in [0.25, 0.3) is 0 Å². The van der Waals surface area contributed by atoms with Crippen molar-refractivity contribution in [3.05, 3.63) is 29.8 Å². The average Bonchev–Trinajstić information content (AvgIpc) is 2.48. The molecule has 0 spiro atoms. The Hall–Kier alpha value is -1.18. The van der Waals surface area contributed by atoms with E-state index in [-0.39, 0.29) is 18.3 Å². The second kappa shape index (κ2) is 9.34. The van der Waals surface area contributed by atoms with Crippen LogP contribution >= 0.6 is 8.03 Å². The van der Waals surface area contributed by atoms with Crippen LogP contribution in [0, 0.1) is 0 Å². The lowest BCUT2D eigenvalue weighted by atomic mass is 10.1. The predicted octanol–water partition coefficient (Wildman–Crippen LogP) is 4.41. The number of benzene rings is 1. The summed E-state index contributed by atoms with van der Waals surface area (Å²) in [6.07, 6.45) is 2.55. The quantitative estimate of drug-likeness (QED) is 0.257. The first kappa shape index (κ1) is 20.9. The largest absolute Gasteiger partial charge is 0.534 e. The van der Waals surface area contributed by atoms with Crippen molar-refractivity contribution < 1.29 is 34.9 Å². The normalized spacial score (nSPS) is 12.9. The molecule has 10 heteroatoms. The van der Waals surface area contributed by atoms with Gasteiger partial charge in [-0.2, -0.15) is 21.6 Å². The molecule has 0 aliphatic rings. The molecule has 1 unspecified atom stereocenters. The topological polar surface area (TPSA) is 69.7 Å². The van der Waals surface area contributed by atoms with Crippen LogP contribution in [0.5, 0.6) is 5.75 Å². The van der Waals surface area contributed by atoms with Gasteiger partial charge in [0.15, 0.2) is 6.16 Å². The highest BCUT2D eigenvalue weighted by atomic mass is 32.2. The summed E-state index contributed by atoms with van der Waals surface area (Å²) in [7, 11) is -7.54. The standard InChI is InChI=1S/C14H19F3O5PS/c1-2-3-10-21-23(18)11-6-8-12-7-4-5-9-13(12)22-24(19,20)14(15,16)17/h4-5,7,9H,2-3,6,8,10-11H2,1H3/q+1. The summed E-state index contributed by atoms with van der Waals surface area (Å²) < 4.78 is 80.2. The molecule has 0 heterocycles. The zero-order chi connectivity index (χ0) is 18.2. The van der Waals surface area contributed by atoms with Gasteiger partial charge in [0.2, 0.25) is 0 Å². The molecule has 0 amide bonds. The third kappa shape index (κ3) is 6.75. The van der Waals surface area contributed by atoms with E-state index in [0.717, 1.165) is 18.9 Å². The molecule has 0 aliphatic heterocycles. The first-order valence-electron chi connectivity index (χ1n) is 7.33. The first-order chi connectivity index (χ1) is 11.2. The fourth-order valence-electron chi connectivity index (χ4n) is 1.73. The number of aryl methyl sites for hydroxylation is 1. The van der Waals surface area contributed by atoms with Gasteiger partial charge in [-0.05, 0) is 35.5 Å². The highest BCUT2D eigenvalue weighted by Crippen LogP contribution is 2.30. The van der Waals surface area contributed by atoms with Crippen molar-refractivity contribution in [2.24, 2.45) is 0 Å². The molecule has 24 heavy (non-hydrogen) atoms. The molecule has 0 radical (unpaired) electrons. The van der Waals surface area contributed by atoms with Crippen molar-refractivity contribution >= 4 is 18.1 Å². The molecule has 136 valence electrons. The molecule has 0 saturated carbocycles. The van der Waals surface area contributed by atoms with Crippen LogP contribution in [0.4, 0.5) is 13.2 Å². The monoisotopic (exact) mass is 387 g/mol. The fraction of sp³-hybridized carbons (Fsp3) is 0.571. The molecule has 1 aromatic carbocycles. The molecular weight excluding hydrogens is 368 g/mol. The van der Waals surface area contributed by atoms with E-state index in [1.165, 1.54) is 12.1 Å². The third-order valence-electron chi connectivity index (χ3n) is 2.98.